The number of carbonyl (C=O) groups excluding carboxylic acids is 1. The number of carboxylic acids is 1. The van der Waals surface area contributed by atoms with Gasteiger partial charge in [0.05, 0.1) is 10.9 Å². The van der Waals surface area contributed by atoms with Crippen LogP contribution in [0.5, 0.6) is 0 Å². The number of hydrogen-bond acceptors (Lipinski definition) is 5. The van der Waals surface area contributed by atoms with E-state index in [9.17, 15) is 19.2 Å². The molecule has 2 heterocycles. The van der Waals surface area contributed by atoms with E-state index in [-0.39, 0.29) is 29.1 Å². The highest BCUT2D eigenvalue weighted by Gasteiger charge is 2.27. The van der Waals surface area contributed by atoms with E-state index in [1.165, 1.54) is 24.6 Å². The number of hydrogen-bond donors (Lipinski definition) is 2. The summed E-state index contributed by atoms with van der Waals surface area (Å²) < 4.78 is 1.28. The molecule has 1 atom stereocenters. The van der Waals surface area contributed by atoms with Crippen LogP contribution in [0.1, 0.15) is 49.7 Å². The average Bonchev–Trinajstić information content (AvgIpc) is 2.58. The minimum absolute atomic E-state index is 0.0229. The van der Waals surface area contributed by atoms with Crippen LogP contribution >= 0.6 is 0 Å². The second-order valence-electron chi connectivity index (χ2n) is 6.38. The Morgan fingerprint density at radius 3 is 2.42 bits per heavy atom. The van der Waals surface area contributed by atoms with Gasteiger partial charge in [0.25, 0.3) is 11.5 Å². The van der Waals surface area contributed by atoms with Gasteiger partial charge in [-0.1, -0.05) is 13.8 Å². The lowest BCUT2D eigenvalue weighted by molar-refractivity contribution is -0.141. The van der Waals surface area contributed by atoms with Crippen molar-refractivity contribution in [3.05, 3.63) is 38.2 Å². The van der Waals surface area contributed by atoms with E-state index >= 15 is 0 Å². The molecule has 0 fully saturated rings. The fourth-order valence-electron chi connectivity index (χ4n) is 2.58. The van der Waals surface area contributed by atoms with Crippen molar-refractivity contribution in [2.45, 2.75) is 46.2 Å². The maximum atomic E-state index is 12.9. The van der Waals surface area contributed by atoms with Gasteiger partial charge in [-0.15, -0.1) is 0 Å². The van der Waals surface area contributed by atoms with Crippen molar-refractivity contribution in [1.82, 2.24) is 19.4 Å². The maximum Gasteiger partial charge on any atom is 0.329 e. The van der Waals surface area contributed by atoms with Crippen molar-refractivity contribution in [2.24, 2.45) is 0 Å². The van der Waals surface area contributed by atoms with Crippen molar-refractivity contribution in [3.8, 4) is 0 Å². The lowest BCUT2D eigenvalue weighted by atomic mass is 10.0. The Balaban J connectivity index is 2.88. The minimum atomic E-state index is -1.16. The summed E-state index contributed by atoms with van der Waals surface area (Å²) in [4.78, 5) is 56.2. The Bertz CT molecular complexity index is 989. The van der Waals surface area contributed by atoms with E-state index < -0.39 is 29.2 Å². The number of H-pyrrole nitrogens is 1. The molecule has 2 N–H and O–H groups in total. The molecule has 0 aromatic carbocycles. The molecule has 140 valence electrons. The molecule has 2 aromatic rings. The smallest absolute Gasteiger partial charge is 0.329 e. The molecule has 2 aromatic heterocycles. The van der Waals surface area contributed by atoms with Crippen LogP contribution in [0.2, 0.25) is 0 Å². The summed E-state index contributed by atoms with van der Waals surface area (Å²) in [5.41, 5.74) is -0.657. The number of carbonyl (C=O) groups is 2. The highest BCUT2D eigenvalue weighted by Crippen LogP contribution is 2.21. The number of nitrogens with one attached hydrogen (secondary N) is 1. The summed E-state index contributed by atoms with van der Waals surface area (Å²) >= 11 is 0. The van der Waals surface area contributed by atoms with Crippen molar-refractivity contribution >= 4 is 22.9 Å². The molecule has 0 radical (unpaired) electrons. The molecule has 9 nitrogen and oxygen atoms in total. The van der Waals surface area contributed by atoms with Crippen LogP contribution in [0.4, 0.5) is 0 Å². The first-order chi connectivity index (χ1) is 12.1. The van der Waals surface area contributed by atoms with Crippen LogP contribution in [0.3, 0.4) is 0 Å². The van der Waals surface area contributed by atoms with Gasteiger partial charge in [-0.2, -0.15) is 0 Å². The van der Waals surface area contributed by atoms with Crippen molar-refractivity contribution < 1.29 is 14.7 Å². The topological polar surface area (TPSA) is 125 Å². The fraction of sp³-hybridized carbons (Fsp3) is 0.471. The molecule has 1 amide bonds. The normalized spacial score (nSPS) is 12.4. The third-order valence-electron chi connectivity index (χ3n) is 4.37. The molecule has 0 aliphatic rings. The summed E-state index contributed by atoms with van der Waals surface area (Å²) in [5.74, 6) is -1.85. The number of likely N-dealkylation sites (N-methyl/N-ethyl adjacent to an activating group) is 1. The first-order valence-electron chi connectivity index (χ1n) is 8.27. The number of aromatic amines is 1. The van der Waals surface area contributed by atoms with Gasteiger partial charge >= 0.3 is 11.7 Å². The Morgan fingerprint density at radius 2 is 1.92 bits per heavy atom. The number of amides is 1. The third kappa shape index (κ3) is 3.24. The second-order valence-corrected chi connectivity index (χ2v) is 6.38. The zero-order valence-corrected chi connectivity index (χ0v) is 15.4. The molecule has 0 aliphatic heterocycles. The van der Waals surface area contributed by atoms with Crippen molar-refractivity contribution in [2.75, 3.05) is 7.05 Å². The van der Waals surface area contributed by atoms with E-state index in [1.807, 2.05) is 13.8 Å². The number of rotatable bonds is 5. The lowest BCUT2D eigenvalue weighted by Crippen LogP contribution is -2.41. The minimum Gasteiger partial charge on any atom is -0.480 e. The zero-order valence-electron chi connectivity index (χ0n) is 15.4. The molecular formula is C17H22N4O5. The van der Waals surface area contributed by atoms with Crippen LogP contribution in [-0.4, -0.2) is 49.5 Å². The first-order valence-corrected chi connectivity index (χ1v) is 8.27. The number of fused-ring (bicyclic) bond motifs is 1. The molecule has 0 spiro atoms. The van der Waals surface area contributed by atoms with E-state index in [1.54, 1.807) is 6.92 Å². The highest BCUT2D eigenvalue weighted by atomic mass is 16.4. The highest BCUT2D eigenvalue weighted by molar-refractivity contribution is 6.06. The summed E-state index contributed by atoms with van der Waals surface area (Å²) in [6.07, 6.45) is 0. The number of carboxylic acid groups (broad SMARTS) is 1. The maximum absolute atomic E-state index is 12.9. The van der Waals surface area contributed by atoms with Gasteiger partial charge in [0.15, 0.2) is 5.65 Å². The van der Waals surface area contributed by atoms with E-state index in [4.69, 9.17) is 5.11 Å². The third-order valence-corrected chi connectivity index (χ3v) is 4.37. The van der Waals surface area contributed by atoms with Crippen molar-refractivity contribution in [1.29, 1.82) is 0 Å². The summed E-state index contributed by atoms with van der Waals surface area (Å²) in [6, 6.07) is 0.407. The SMILES string of the molecule is CCn1c(=O)[nH]c(=O)c2c(C(=O)N(C)C(C)C(=O)O)cc(C(C)C)nc21. The van der Waals surface area contributed by atoms with Crippen LogP contribution < -0.4 is 11.2 Å². The number of nitrogens with zero attached hydrogens (tertiary/aromatic N) is 3. The fourth-order valence-corrected chi connectivity index (χ4v) is 2.58. The van der Waals surface area contributed by atoms with Crippen LogP contribution in [0.25, 0.3) is 11.0 Å². The number of aliphatic carboxylic acids is 1. The number of pyridine rings is 1. The van der Waals surface area contributed by atoms with Crippen LogP contribution in [0, 0.1) is 0 Å². The summed E-state index contributed by atoms with van der Waals surface area (Å²) in [7, 11) is 1.35. The largest absolute Gasteiger partial charge is 0.480 e. The first kappa shape index (κ1) is 19.4. The Morgan fingerprint density at radius 1 is 1.31 bits per heavy atom. The second kappa shape index (κ2) is 7.11. The Kier molecular flexibility index (Phi) is 5.29. The molecular weight excluding hydrogens is 340 g/mol. The molecule has 0 bridgehead atoms. The van der Waals surface area contributed by atoms with Gasteiger partial charge in [0.2, 0.25) is 0 Å². The lowest BCUT2D eigenvalue weighted by Gasteiger charge is -2.23. The van der Waals surface area contributed by atoms with Gasteiger partial charge in [-0.25, -0.2) is 14.6 Å². The molecule has 0 saturated heterocycles. The van der Waals surface area contributed by atoms with Crippen molar-refractivity contribution in [3.63, 3.8) is 0 Å². The van der Waals surface area contributed by atoms with Gasteiger partial charge in [0, 0.05) is 19.3 Å². The number of aryl methyl sites for hydroxylation is 1. The molecule has 0 aliphatic carbocycles. The van der Waals surface area contributed by atoms with Gasteiger partial charge in [-0.3, -0.25) is 19.1 Å². The number of aromatic nitrogens is 3. The molecule has 26 heavy (non-hydrogen) atoms. The monoisotopic (exact) mass is 362 g/mol. The van der Waals surface area contributed by atoms with Gasteiger partial charge in [-0.05, 0) is 25.8 Å². The van der Waals surface area contributed by atoms with E-state index in [0.717, 1.165) is 4.90 Å². The Labute approximate surface area is 149 Å². The quantitative estimate of drug-likeness (QED) is 0.809. The van der Waals surface area contributed by atoms with E-state index in [2.05, 4.69) is 9.97 Å². The van der Waals surface area contributed by atoms with E-state index in [0.29, 0.717) is 5.69 Å². The average molecular weight is 362 g/mol. The van der Waals surface area contributed by atoms with Gasteiger partial charge in [0.1, 0.15) is 6.04 Å². The zero-order chi connectivity index (χ0) is 19.8. The van der Waals surface area contributed by atoms with Crippen LogP contribution in [0.15, 0.2) is 15.7 Å². The van der Waals surface area contributed by atoms with Gasteiger partial charge < -0.3 is 10.0 Å². The Hall–Kier alpha value is -2.97. The molecule has 1 unspecified atom stereocenters. The summed E-state index contributed by atoms with van der Waals surface area (Å²) in [5, 5.41) is 9.14. The summed E-state index contributed by atoms with van der Waals surface area (Å²) in [6.45, 7) is 7.10. The standard InChI is InChI=1S/C17H22N4O5/c1-6-21-13-12(14(22)19-17(21)26)10(7-11(18-13)8(2)3)15(23)20(5)9(4)16(24)25/h7-9H,6H2,1-5H3,(H,24,25)(H,19,22,26). The molecule has 9 heteroatoms. The molecule has 0 saturated carbocycles. The predicted octanol–water partition coefficient (Wildman–Crippen LogP) is 0.773. The predicted molar refractivity (Wildman–Crippen MR) is 95.6 cm³/mol. The van der Waals surface area contributed by atoms with Crippen LogP contribution in [-0.2, 0) is 11.3 Å². The molecule has 2 rings (SSSR count).